The minimum Gasteiger partial charge on any atom is -0.455 e. The number of furan rings is 1. The fraction of sp³-hybridized carbons (Fsp3) is 0. The molecule has 12 aromatic rings. The summed E-state index contributed by atoms with van der Waals surface area (Å²) in [4.78, 5) is 2.34. The van der Waals surface area contributed by atoms with Crippen molar-refractivity contribution in [2.45, 2.75) is 0 Å². The summed E-state index contributed by atoms with van der Waals surface area (Å²) in [5, 5.41) is 10.2. The number of hydrogen-bond acceptors (Lipinski definition) is 3. The zero-order valence-corrected chi connectivity index (χ0v) is 36.8. The van der Waals surface area contributed by atoms with Gasteiger partial charge in [0.2, 0.25) is 0 Å². The van der Waals surface area contributed by atoms with Crippen LogP contribution in [0.15, 0.2) is 253 Å². The van der Waals surface area contributed by atoms with Crippen molar-refractivity contribution in [3.8, 4) is 22.3 Å². The molecular weight excluding hydrogens is 811 g/mol. The summed E-state index contributed by atoms with van der Waals surface area (Å²) < 4.78 is 9.08. The average Bonchev–Trinajstić information content (AvgIpc) is 3.95. The lowest BCUT2D eigenvalue weighted by Crippen LogP contribution is -2.74. The molecule has 0 saturated heterocycles. The molecule has 0 radical (unpaired) electrons. The molecule has 0 bridgehead atoms. The van der Waals surface area contributed by atoms with E-state index in [4.69, 9.17) is 4.42 Å². The van der Waals surface area contributed by atoms with E-state index in [1.807, 2.05) is 17.4 Å². The van der Waals surface area contributed by atoms with Crippen molar-refractivity contribution in [3.63, 3.8) is 0 Å². The van der Waals surface area contributed by atoms with Crippen molar-refractivity contribution in [2.24, 2.45) is 0 Å². The van der Waals surface area contributed by atoms with Crippen LogP contribution >= 0.6 is 11.3 Å². The van der Waals surface area contributed by atoms with E-state index >= 15 is 0 Å². The molecule has 302 valence electrons. The van der Waals surface area contributed by atoms with E-state index in [0.717, 1.165) is 39.0 Å². The summed E-state index contributed by atoms with van der Waals surface area (Å²) in [5.74, 6) is 0. The van der Waals surface area contributed by atoms with Crippen molar-refractivity contribution in [1.82, 2.24) is 0 Å². The van der Waals surface area contributed by atoms with E-state index in [9.17, 15) is 0 Å². The zero-order chi connectivity index (χ0) is 42.5. The van der Waals surface area contributed by atoms with Crippen LogP contribution in [0.25, 0.3) is 64.4 Å². The topological polar surface area (TPSA) is 16.4 Å². The molecule has 2 heterocycles. The van der Waals surface area contributed by atoms with Crippen molar-refractivity contribution in [1.29, 1.82) is 0 Å². The first-order valence-electron chi connectivity index (χ1n) is 21.8. The first-order valence-corrected chi connectivity index (χ1v) is 24.6. The van der Waals surface area contributed by atoms with Gasteiger partial charge in [-0.15, -0.1) is 11.3 Å². The predicted octanol–water partition coefficient (Wildman–Crippen LogP) is 14.1. The van der Waals surface area contributed by atoms with Gasteiger partial charge >= 0.3 is 0 Å². The Labute approximate surface area is 377 Å². The van der Waals surface area contributed by atoms with Gasteiger partial charge in [0.05, 0.1) is 0 Å². The van der Waals surface area contributed by atoms with Crippen molar-refractivity contribution in [3.05, 3.63) is 249 Å². The van der Waals surface area contributed by atoms with E-state index in [1.165, 1.54) is 63.2 Å². The van der Waals surface area contributed by atoms with E-state index in [1.54, 1.807) is 0 Å². The quantitative estimate of drug-likeness (QED) is 0.106. The van der Waals surface area contributed by atoms with Gasteiger partial charge in [-0.2, -0.15) is 0 Å². The third kappa shape index (κ3) is 6.30. The fourth-order valence-corrected chi connectivity index (χ4v) is 15.8. The summed E-state index contributed by atoms with van der Waals surface area (Å²) in [7, 11) is -2.60. The Balaban J connectivity index is 0.903. The Bertz CT molecular complexity index is 3470. The molecule has 0 N–H and O–H groups in total. The Morgan fingerprint density at radius 1 is 0.328 bits per heavy atom. The highest BCUT2D eigenvalue weighted by molar-refractivity contribution is 7.26. The second-order valence-corrected chi connectivity index (χ2v) is 21.3. The van der Waals surface area contributed by atoms with Crippen LogP contribution in [0.1, 0.15) is 0 Å². The normalized spacial score (nSPS) is 11.8. The lowest BCUT2D eigenvalue weighted by atomic mass is 9.98. The molecule has 2 aromatic heterocycles. The monoisotopic (exact) mass is 851 g/mol. The molecule has 0 saturated carbocycles. The van der Waals surface area contributed by atoms with Crippen LogP contribution < -0.4 is 25.6 Å². The van der Waals surface area contributed by atoms with Gasteiger partial charge in [0.25, 0.3) is 0 Å². The molecule has 2 nitrogen and oxygen atoms in total. The molecule has 0 amide bonds. The molecule has 12 rings (SSSR count). The summed E-state index contributed by atoms with van der Waals surface area (Å²) in [6.45, 7) is 0. The maximum atomic E-state index is 6.58. The molecule has 0 aliphatic carbocycles. The van der Waals surface area contributed by atoms with E-state index in [2.05, 4.69) is 248 Å². The molecule has 0 spiro atoms. The standard InChI is InChI=1S/C60H41NOSSi/c1-5-16-45(17-6-1)61(47-36-30-44(31-37-47)52-25-15-27-56-58(52)59-57(63-56)41-40-54-53-24-13-14-26-55(53)62-60(54)59)46-34-28-42(29-35-46)43-32-38-51(39-33-43)64(48-18-7-2-8-19-48,49-20-9-3-10-21-49)50-22-11-4-12-23-50/h1-41H. The van der Waals surface area contributed by atoms with E-state index in [0.29, 0.717) is 0 Å². The van der Waals surface area contributed by atoms with Gasteiger partial charge in [0.15, 0.2) is 8.07 Å². The molecule has 64 heavy (non-hydrogen) atoms. The molecule has 10 aromatic carbocycles. The number of rotatable bonds is 9. The van der Waals surface area contributed by atoms with Crippen LogP contribution in [0, 0.1) is 0 Å². The van der Waals surface area contributed by atoms with Gasteiger partial charge in [-0.05, 0) is 104 Å². The van der Waals surface area contributed by atoms with Crippen LogP contribution in [0.5, 0.6) is 0 Å². The third-order valence-corrected chi connectivity index (χ3v) is 18.8. The number of hydrogen-bond donors (Lipinski definition) is 0. The summed E-state index contributed by atoms with van der Waals surface area (Å²) in [6.07, 6.45) is 0. The van der Waals surface area contributed by atoms with E-state index < -0.39 is 8.07 Å². The van der Waals surface area contributed by atoms with Gasteiger partial charge in [-0.3, -0.25) is 0 Å². The van der Waals surface area contributed by atoms with Crippen molar-refractivity contribution >= 4 is 99.3 Å². The molecule has 0 aliphatic heterocycles. The zero-order valence-electron chi connectivity index (χ0n) is 34.9. The Morgan fingerprint density at radius 2 is 0.797 bits per heavy atom. The number of fused-ring (bicyclic) bond motifs is 7. The second-order valence-electron chi connectivity index (χ2n) is 16.4. The van der Waals surface area contributed by atoms with Gasteiger partial charge in [-0.1, -0.05) is 188 Å². The van der Waals surface area contributed by atoms with Gasteiger partial charge < -0.3 is 9.32 Å². The van der Waals surface area contributed by atoms with Gasteiger partial charge in [-0.25, -0.2) is 0 Å². The van der Waals surface area contributed by atoms with Crippen molar-refractivity contribution in [2.75, 3.05) is 4.90 Å². The summed E-state index contributed by atoms with van der Waals surface area (Å²) >= 11 is 1.83. The Morgan fingerprint density at radius 3 is 1.39 bits per heavy atom. The second kappa shape index (κ2) is 15.9. The number of anilines is 3. The molecule has 0 aliphatic rings. The first kappa shape index (κ1) is 38.0. The van der Waals surface area contributed by atoms with E-state index in [-0.39, 0.29) is 0 Å². The molecule has 4 heteroatoms. The van der Waals surface area contributed by atoms with Crippen LogP contribution in [-0.2, 0) is 0 Å². The minimum atomic E-state index is -2.60. The lowest BCUT2D eigenvalue weighted by Gasteiger charge is -2.34. The highest BCUT2D eigenvalue weighted by atomic mass is 32.1. The number of para-hydroxylation sites is 2. The van der Waals surface area contributed by atoms with Crippen LogP contribution in [0.4, 0.5) is 17.1 Å². The summed E-state index contributed by atoms with van der Waals surface area (Å²) in [5.41, 5.74) is 9.94. The van der Waals surface area contributed by atoms with Gasteiger partial charge in [0, 0.05) is 48.0 Å². The maximum Gasteiger partial charge on any atom is 0.179 e. The smallest absolute Gasteiger partial charge is 0.179 e. The van der Waals surface area contributed by atoms with Crippen LogP contribution in [-0.4, -0.2) is 8.07 Å². The highest BCUT2D eigenvalue weighted by Gasteiger charge is 2.41. The number of nitrogens with zero attached hydrogens (tertiary/aromatic N) is 1. The average molecular weight is 852 g/mol. The molecule has 0 unspecified atom stereocenters. The SMILES string of the molecule is c1ccc(N(c2ccc(-c3ccc([Si](c4ccccc4)(c4ccccc4)c4ccccc4)cc3)cc2)c2ccc(-c3cccc4sc5ccc6c7ccccc7oc6c5c34)cc2)cc1. The molecule has 0 fully saturated rings. The number of thiophene rings is 1. The largest absolute Gasteiger partial charge is 0.455 e. The third-order valence-electron chi connectivity index (χ3n) is 12.9. The lowest BCUT2D eigenvalue weighted by molar-refractivity contribution is 0.673. The predicted molar refractivity (Wildman–Crippen MR) is 276 cm³/mol. The number of benzene rings is 10. The summed E-state index contributed by atoms with van der Waals surface area (Å²) in [6, 6.07) is 90.9. The van der Waals surface area contributed by atoms with Crippen LogP contribution in [0.3, 0.4) is 0 Å². The maximum absolute atomic E-state index is 6.58. The molecule has 0 atom stereocenters. The van der Waals surface area contributed by atoms with Crippen molar-refractivity contribution < 1.29 is 4.42 Å². The Hall–Kier alpha value is -7.76. The minimum absolute atomic E-state index is 0.923. The van der Waals surface area contributed by atoms with Crippen LogP contribution in [0.2, 0.25) is 0 Å². The highest BCUT2D eigenvalue weighted by Crippen LogP contribution is 2.46. The molecular formula is C60H41NOSSi. The first-order chi connectivity index (χ1) is 31.7. The Kier molecular flexibility index (Phi) is 9.40. The van der Waals surface area contributed by atoms with Gasteiger partial charge in [0.1, 0.15) is 11.2 Å². The fourth-order valence-electron chi connectivity index (χ4n) is 9.92.